The average molecular weight is 442 g/mol. The lowest BCUT2D eigenvalue weighted by atomic mass is 10.1. The van der Waals surface area contributed by atoms with Gasteiger partial charge in [-0.2, -0.15) is 0 Å². The lowest BCUT2D eigenvalue weighted by Crippen LogP contribution is -2.26. The summed E-state index contributed by atoms with van der Waals surface area (Å²) in [5.41, 5.74) is 1.60. The van der Waals surface area contributed by atoms with Gasteiger partial charge >= 0.3 is 5.97 Å². The summed E-state index contributed by atoms with van der Waals surface area (Å²) in [4.78, 5) is 24.8. The van der Waals surface area contributed by atoms with E-state index in [1.165, 1.54) is 21.3 Å². The number of fused-ring (bicyclic) bond motifs is 1. The summed E-state index contributed by atoms with van der Waals surface area (Å²) >= 11 is 0. The van der Waals surface area contributed by atoms with Crippen LogP contribution in [-0.2, 0) is 9.53 Å². The molecule has 170 valence electrons. The molecule has 8 heteroatoms. The van der Waals surface area contributed by atoms with Crippen molar-refractivity contribution in [1.29, 1.82) is 0 Å². The minimum atomic E-state index is -0.796. The van der Waals surface area contributed by atoms with E-state index in [0.29, 0.717) is 45.4 Å². The Bertz CT molecular complexity index is 1070. The van der Waals surface area contributed by atoms with Crippen molar-refractivity contribution in [3.63, 3.8) is 0 Å². The number of rotatable bonds is 8. The second-order valence-corrected chi connectivity index (χ2v) is 6.97. The highest BCUT2D eigenvalue weighted by molar-refractivity contribution is 6.15. The maximum atomic E-state index is 13.0. The molecule has 8 nitrogen and oxygen atoms in total. The molecule has 0 saturated carbocycles. The summed E-state index contributed by atoms with van der Waals surface area (Å²) in [6.45, 7) is 5.36. The Morgan fingerprint density at radius 3 is 2.31 bits per heavy atom. The maximum Gasteiger partial charge on any atom is 0.347 e. The summed E-state index contributed by atoms with van der Waals surface area (Å²) in [5, 5.41) is 0. The second kappa shape index (κ2) is 9.64. The molecule has 1 atom stereocenters. The Hall–Kier alpha value is -3.68. The zero-order chi connectivity index (χ0) is 23.4. The minimum absolute atomic E-state index is 0.129. The Labute approximate surface area is 186 Å². The molecule has 1 aliphatic heterocycles. The zero-order valence-corrected chi connectivity index (χ0v) is 18.9. The van der Waals surface area contributed by atoms with E-state index in [0.717, 1.165) is 0 Å². The highest BCUT2D eigenvalue weighted by Gasteiger charge is 2.31. The van der Waals surface area contributed by atoms with Crippen molar-refractivity contribution < 1.29 is 38.0 Å². The molecule has 2 aromatic rings. The van der Waals surface area contributed by atoms with Crippen LogP contribution in [0.2, 0.25) is 0 Å². The van der Waals surface area contributed by atoms with Gasteiger partial charge in [0.15, 0.2) is 23.4 Å². The molecule has 0 N–H and O–H groups in total. The number of allylic oxidation sites excluding steroid dienone is 1. The van der Waals surface area contributed by atoms with Crippen molar-refractivity contribution in [2.24, 2.45) is 0 Å². The van der Waals surface area contributed by atoms with Gasteiger partial charge in [-0.3, -0.25) is 4.79 Å². The molecule has 0 amide bonds. The minimum Gasteiger partial charge on any atom is -0.496 e. The van der Waals surface area contributed by atoms with Gasteiger partial charge in [0, 0.05) is 17.2 Å². The van der Waals surface area contributed by atoms with Crippen LogP contribution < -0.4 is 23.7 Å². The smallest absolute Gasteiger partial charge is 0.347 e. The van der Waals surface area contributed by atoms with E-state index in [2.05, 4.69) is 0 Å². The van der Waals surface area contributed by atoms with Crippen LogP contribution in [0.15, 0.2) is 30.0 Å². The van der Waals surface area contributed by atoms with Crippen LogP contribution in [0.3, 0.4) is 0 Å². The molecular formula is C24H26O8. The standard InChI is InChI=1S/C24H26O8/c1-7-30-24(26)14(3)31-17-9-8-16-22(25)21(32-23(16)13(17)2)11-15-10-19(28-5)20(29-6)12-18(15)27-4/h8-12,14H,7H2,1-6H3/b21-11-. The molecule has 3 rings (SSSR count). The predicted octanol–water partition coefficient (Wildman–Crippen LogP) is 3.97. The van der Waals surface area contributed by atoms with E-state index < -0.39 is 12.1 Å². The summed E-state index contributed by atoms with van der Waals surface area (Å²) in [6.07, 6.45) is 0.791. The molecule has 0 saturated heterocycles. The van der Waals surface area contributed by atoms with E-state index in [4.69, 9.17) is 28.4 Å². The summed E-state index contributed by atoms with van der Waals surface area (Å²) < 4.78 is 32.7. The first-order valence-electron chi connectivity index (χ1n) is 10.1. The molecule has 1 heterocycles. The molecule has 0 spiro atoms. The van der Waals surface area contributed by atoms with E-state index in [1.807, 2.05) is 0 Å². The van der Waals surface area contributed by atoms with Crippen molar-refractivity contribution >= 4 is 17.8 Å². The van der Waals surface area contributed by atoms with Gasteiger partial charge < -0.3 is 28.4 Å². The first kappa shape index (κ1) is 23.0. The maximum absolute atomic E-state index is 13.0. The third kappa shape index (κ3) is 4.34. The van der Waals surface area contributed by atoms with Crippen molar-refractivity contribution in [2.45, 2.75) is 26.9 Å². The Morgan fingerprint density at radius 2 is 1.69 bits per heavy atom. The van der Waals surface area contributed by atoms with Crippen molar-refractivity contribution in [3.8, 4) is 28.7 Å². The molecule has 0 bridgehead atoms. The predicted molar refractivity (Wildman–Crippen MR) is 117 cm³/mol. The number of Topliss-reactive ketones (excluding diaryl/α,β-unsaturated/α-hetero) is 1. The van der Waals surface area contributed by atoms with Gasteiger partial charge in [0.05, 0.1) is 33.5 Å². The van der Waals surface area contributed by atoms with Crippen LogP contribution in [0.25, 0.3) is 6.08 Å². The third-order valence-corrected chi connectivity index (χ3v) is 4.98. The van der Waals surface area contributed by atoms with Crippen molar-refractivity contribution in [3.05, 3.63) is 46.7 Å². The normalized spacial score (nSPS) is 14.4. The number of ketones is 1. The SMILES string of the molecule is CCOC(=O)C(C)Oc1ccc2c(c1C)O/C(=C\c1cc(OC)c(OC)cc1OC)C2=O. The van der Waals surface area contributed by atoms with Gasteiger partial charge in [-0.15, -0.1) is 0 Å². The molecule has 0 aliphatic carbocycles. The number of esters is 1. The lowest BCUT2D eigenvalue weighted by Gasteiger charge is -2.16. The monoisotopic (exact) mass is 442 g/mol. The first-order valence-corrected chi connectivity index (χ1v) is 10.1. The molecule has 1 unspecified atom stereocenters. The van der Waals surface area contributed by atoms with Gasteiger partial charge in [-0.25, -0.2) is 4.79 Å². The summed E-state index contributed by atoms with van der Waals surface area (Å²) in [7, 11) is 4.57. The zero-order valence-electron chi connectivity index (χ0n) is 18.9. The Balaban J connectivity index is 1.94. The quantitative estimate of drug-likeness (QED) is 0.448. The van der Waals surface area contributed by atoms with Crippen LogP contribution in [-0.4, -0.2) is 45.8 Å². The molecule has 0 radical (unpaired) electrons. The van der Waals surface area contributed by atoms with Gasteiger partial charge in [0.25, 0.3) is 0 Å². The fraction of sp³-hybridized carbons (Fsp3) is 0.333. The van der Waals surface area contributed by atoms with Crippen LogP contribution in [0.4, 0.5) is 0 Å². The van der Waals surface area contributed by atoms with Crippen LogP contribution in [0, 0.1) is 6.92 Å². The highest BCUT2D eigenvalue weighted by atomic mass is 16.6. The molecular weight excluding hydrogens is 416 g/mol. The van der Waals surface area contributed by atoms with E-state index >= 15 is 0 Å². The number of carbonyl (C=O) groups excluding carboxylic acids is 2. The number of ether oxygens (including phenoxy) is 6. The molecule has 1 aliphatic rings. The number of carbonyl (C=O) groups is 2. The van der Waals surface area contributed by atoms with Gasteiger partial charge in [-0.1, -0.05) is 0 Å². The van der Waals surface area contributed by atoms with Crippen molar-refractivity contribution in [2.75, 3.05) is 27.9 Å². The third-order valence-electron chi connectivity index (χ3n) is 4.98. The fourth-order valence-corrected chi connectivity index (χ4v) is 3.30. The number of hydrogen-bond donors (Lipinski definition) is 0. The second-order valence-electron chi connectivity index (χ2n) is 6.97. The Kier molecular flexibility index (Phi) is 6.92. The molecule has 32 heavy (non-hydrogen) atoms. The molecule has 2 aromatic carbocycles. The highest BCUT2D eigenvalue weighted by Crippen LogP contribution is 2.41. The number of methoxy groups -OCH3 is 3. The van der Waals surface area contributed by atoms with E-state index in [-0.39, 0.29) is 18.1 Å². The summed E-state index contributed by atoms with van der Waals surface area (Å²) in [6, 6.07) is 6.63. The largest absolute Gasteiger partial charge is 0.496 e. The summed E-state index contributed by atoms with van der Waals surface area (Å²) in [5.74, 6) is 1.69. The van der Waals surface area contributed by atoms with Gasteiger partial charge in [-0.05, 0) is 45.0 Å². The number of hydrogen-bond acceptors (Lipinski definition) is 8. The van der Waals surface area contributed by atoms with Crippen LogP contribution in [0.5, 0.6) is 28.7 Å². The number of benzene rings is 2. The first-order chi connectivity index (χ1) is 15.3. The van der Waals surface area contributed by atoms with Gasteiger partial charge in [0.1, 0.15) is 17.2 Å². The fourth-order valence-electron chi connectivity index (χ4n) is 3.30. The van der Waals surface area contributed by atoms with Crippen LogP contribution >= 0.6 is 0 Å². The topological polar surface area (TPSA) is 89.5 Å². The molecule has 0 aromatic heterocycles. The van der Waals surface area contributed by atoms with E-state index in [1.54, 1.807) is 51.1 Å². The van der Waals surface area contributed by atoms with Gasteiger partial charge in [0.2, 0.25) is 5.78 Å². The Morgan fingerprint density at radius 1 is 1.03 bits per heavy atom. The van der Waals surface area contributed by atoms with Crippen LogP contribution in [0.1, 0.15) is 35.3 Å². The lowest BCUT2D eigenvalue weighted by molar-refractivity contribution is -0.150. The molecule has 0 fully saturated rings. The average Bonchev–Trinajstić information content (AvgIpc) is 3.11. The van der Waals surface area contributed by atoms with Crippen molar-refractivity contribution in [1.82, 2.24) is 0 Å². The van der Waals surface area contributed by atoms with E-state index in [9.17, 15) is 9.59 Å².